The summed E-state index contributed by atoms with van der Waals surface area (Å²) in [5.74, 6) is 0. The van der Waals surface area contributed by atoms with Crippen LogP contribution in [0.25, 0.3) is 11.2 Å². The van der Waals surface area contributed by atoms with Crippen molar-refractivity contribution in [3.63, 3.8) is 0 Å². The van der Waals surface area contributed by atoms with Crippen LogP contribution >= 0.6 is 11.6 Å². The highest BCUT2D eigenvalue weighted by atomic mass is 35.5. The second-order valence-electron chi connectivity index (χ2n) is 6.42. The predicted molar refractivity (Wildman–Crippen MR) is 101 cm³/mol. The Morgan fingerprint density at radius 3 is 2.48 bits per heavy atom. The fourth-order valence-electron chi connectivity index (χ4n) is 2.91. The first kappa shape index (κ1) is 19.1. The summed E-state index contributed by atoms with van der Waals surface area (Å²) in [6.45, 7) is 0.285. The van der Waals surface area contributed by atoms with Crippen LogP contribution in [-0.4, -0.2) is 24.5 Å². The minimum atomic E-state index is -4.45. The van der Waals surface area contributed by atoms with Gasteiger partial charge in [-0.1, -0.05) is 41.1 Å². The quantitative estimate of drug-likeness (QED) is 0.505. The summed E-state index contributed by atoms with van der Waals surface area (Å²) < 4.78 is 41.4. The first-order valence-electron chi connectivity index (χ1n) is 8.50. The number of nitrogens with zero attached hydrogens (tertiary/aromatic N) is 5. The Bertz CT molecular complexity index is 1230. The number of benzene rings is 2. The van der Waals surface area contributed by atoms with Gasteiger partial charge in [0.05, 0.1) is 18.7 Å². The SMILES string of the molecule is O=c1c2nnn(Cc3ccc(Cl)cc3)c2ncn1Cc1cccc(C(F)(F)F)c1. The van der Waals surface area contributed by atoms with Crippen molar-refractivity contribution in [3.05, 3.63) is 86.9 Å². The van der Waals surface area contributed by atoms with Crippen LogP contribution in [-0.2, 0) is 19.3 Å². The molecule has 0 N–H and O–H groups in total. The zero-order valence-corrected chi connectivity index (χ0v) is 15.5. The van der Waals surface area contributed by atoms with Gasteiger partial charge < -0.3 is 0 Å². The smallest absolute Gasteiger partial charge is 0.293 e. The molecule has 0 aliphatic rings. The van der Waals surface area contributed by atoms with Crippen LogP contribution in [0, 0.1) is 0 Å². The summed E-state index contributed by atoms with van der Waals surface area (Å²) in [4.78, 5) is 16.9. The molecule has 10 heteroatoms. The van der Waals surface area contributed by atoms with E-state index in [-0.39, 0.29) is 12.1 Å². The lowest BCUT2D eigenvalue weighted by atomic mass is 10.1. The number of aromatic nitrogens is 5. The lowest BCUT2D eigenvalue weighted by Crippen LogP contribution is -2.22. The topological polar surface area (TPSA) is 65.6 Å². The molecule has 0 aliphatic heterocycles. The van der Waals surface area contributed by atoms with Gasteiger partial charge in [-0.2, -0.15) is 13.2 Å². The highest BCUT2D eigenvalue weighted by Gasteiger charge is 2.30. The third-order valence-electron chi connectivity index (χ3n) is 4.34. The standard InChI is InChI=1S/C19H13ClF3N5O/c20-15-6-4-12(5-7-15)10-28-17-16(25-26-28)18(29)27(11-24-17)9-13-2-1-3-14(8-13)19(21,22)23/h1-8,11H,9-10H2. The van der Waals surface area contributed by atoms with Crippen molar-refractivity contribution in [2.75, 3.05) is 0 Å². The summed E-state index contributed by atoms with van der Waals surface area (Å²) in [6, 6.07) is 11.9. The van der Waals surface area contributed by atoms with Crippen LogP contribution in [0.2, 0.25) is 5.02 Å². The average Bonchev–Trinajstić information content (AvgIpc) is 3.09. The van der Waals surface area contributed by atoms with Crippen molar-refractivity contribution < 1.29 is 13.2 Å². The molecule has 0 radical (unpaired) electrons. The number of fused-ring (bicyclic) bond motifs is 1. The summed E-state index contributed by atoms with van der Waals surface area (Å²) in [7, 11) is 0. The molecular formula is C19H13ClF3N5O. The molecule has 0 amide bonds. The van der Waals surface area contributed by atoms with Crippen LogP contribution in [0.4, 0.5) is 13.2 Å². The van der Waals surface area contributed by atoms with Crippen molar-refractivity contribution in [2.24, 2.45) is 0 Å². The van der Waals surface area contributed by atoms with Gasteiger partial charge in [0.15, 0.2) is 11.2 Å². The van der Waals surface area contributed by atoms with E-state index in [1.807, 2.05) is 12.1 Å². The van der Waals surface area contributed by atoms with E-state index in [1.54, 1.807) is 12.1 Å². The third kappa shape index (κ3) is 4.00. The van der Waals surface area contributed by atoms with E-state index >= 15 is 0 Å². The normalized spacial score (nSPS) is 11.9. The minimum Gasteiger partial charge on any atom is -0.293 e. The van der Waals surface area contributed by atoms with Gasteiger partial charge in [0.1, 0.15) is 6.33 Å². The molecular weight excluding hydrogens is 407 g/mol. The van der Waals surface area contributed by atoms with E-state index in [0.29, 0.717) is 22.8 Å². The zero-order valence-electron chi connectivity index (χ0n) is 14.8. The Labute approximate surface area is 167 Å². The highest BCUT2D eigenvalue weighted by molar-refractivity contribution is 6.30. The third-order valence-corrected chi connectivity index (χ3v) is 4.60. The largest absolute Gasteiger partial charge is 0.416 e. The molecule has 0 bridgehead atoms. The van der Waals surface area contributed by atoms with Gasteiger partial charge in [0.25, 0.3) is 5.56 Å². The van der Waals surface area contributed by atoms with Crippen LogP contribution < -0.4 is 5.56 Å². The van der Waals surface area contributed by atoms with Gasteiger partial charge in [-0.25, -0.2) is 9.67 Å². The van der Waals surface area contributed by atoms with E-state index in [1.165, 1.54) is 27.7 Å². The molecule has 4 rings (SSSR count). The van der Waals surface area contributed by atoms with Crippen LogP contribution in [0.3, 0.4) is 0 Å². The number of halogens is 4. The van der Waals surface area contributed by atoms with Crippen molar-refractivity contribution >= 4 is 22.8 Å². The Balaban J connectivity index is 1.64. The summed E-state index contributed by atoms with van der Waals surface area (Å²) in [5.41, 5.74) is 0.326. The fourth-order valence-corrected chi connectivity index (χ4v) is 3.04. The molecule has 0 saturated carbocycles. The van der Waals surface area contributed by atoms with Gasteiger partial charge in [0.2, 0.25) is 0 Å². The maximum Gasteiger partial charge on any atom is 0.416 e. The van der Waals surface area contributed by atoms with E-state index in [4.69, 9.17) is 11.6 Å². The van der Waals surface area contributed by atoms with Crippen molar-refractivity contribution in [1.29, 1.82) is 0 Å². The Kier molecular flexibility index (Phi) is 4.83. The fraction of sp³-hybridized carbons (Fsp3) is 0.158. The summed E-state index contributed by atoms with van der Waals surface area (Å²) >= 11 is 5.87. The molecule has 0 saturated heterocycles. The number of alkyl halides is 3. The van der Waals surface area contributed by atoms with Gasteiger partial charge in [-0.15, -0.1) is 5.10 Å². The Morgan fingerprint density at radius 1 is 1.00 bits per heavy atom. The van der Waals surface area contributed by atoms with Crippen molar-refractivity contribution in [2.45, 2.75) is 19.3 Å². The first-order valence-corrected chi connectivity index (χ1v) is 8.88. The van der Waals surface area contributed by atoms with Gasteiger partial charge in [-0.05, 0) is 35.4 Å². The number of rotatable bonds is 4. The second-order valence-corrected chi connectivity index (χ2v) is 6.86. The maximum atomic E-state index is 12.9. The molecule has 0 aliphatic carbocycles. The van der Waals surface area contributed by atoms with Crippen molar-refractivity contribution in [1.82, 2.24) is 24.5 Å². The maximum absolute atomic E-state index is 12.9. The molecule has 2 heterocycles. The Morgan fingerprint density at radius 2 is 1.76 bits per heavy atom. The molecule has 4 aromatic rings. The molecule has 0 fully saturated rings. The lowest BCUT2D eigenvalue weighted by Gasteiger charge is -2.10. The lowest BCUT2D eigenvalue weighted by molar-refractivity contribution is -0.137. The van der Waals surface area contributed by atoms with Gasteiger partial charge in [0, 0.05) is 5.02 Å². The molecule has 148 valence electrons. The first-order chi connectivity index (χ1) is 13.8. The van der Waals surface area contributed by atoms with E-state index in [2.05, 4.69) is 15.3 Å². The molecule has 2 aromatic heterocycles. The molecule has 0 spiro atoms. The van der Waals surface area contributed by atoms with Crippen LogP contribution in [0.1, 0.15) is 16.7 Å². The average molecular weight is 420 g/mol. The molecule has 29 heavy (non-hydrogen) atoms. The highest BCUT2D eigenvalue weighted by Crippen LogP contribution is 2.29. The zero-order chi connectivity index (χ0) is 20.6. The monoisotopic (exact) mass is 419 g/mol. The van der Waals surface area contributed by atoms with E-state index in [0.717, 1.165) is 17.7 Å². The minimum absolute atomic E-state index is 0.0495. The predicted octanol–water partition coefficient (Wildman–Crippen LogP) is 3.76. The Hall–Kier alpha value is -3.20. The summed E-state index contributed by atoms with van der Waals surface area (Å²) in [6.07, 6.45) is -3.17. The number of hydrogen-bond donors (Lipinski definition) is 0. The van der Waals surface area contributed by atoms with Crippen molar-refractivity contribution in [3.8, 4) is 0 Å². The number of hydrogen-bond acceptors (Lipinski definition) is 4. The molecule has 0 unspecified atom stereocenters. The second kappa shape index (κ2) is 7.32. The molecule has 2 aromatic carbocycles. The van der Waals surface area contributed by atoms with Gasteiger partial charge in [-0.3, -0.25) is 9.36 Å². The molecule has 0 atom stereocenters. The van der Waals surface area contributed by atoms with E-state index in [9.17, 15) is 18.0 Å². The van der Waals surface area contributed by atoms with Crippen LogP contribution in [0.15, 0.2) is 59.7 Å². The summed E-state index contributed by atoms with van der Waals surface area (Å²) in [5, 5.41) is 8.48. The molecule has 6 nitrogen and oxygen atoms in total. The van der Waals surface area contributed by atoms with Gasteiger partial charge >= 0.3 is 6.18 Å². The van der Waals surface area contributed by atoms with E-state index < -0.39 is 17.3 Å². The van der Waals surface area contributed by atoms with Crippen LogP contribution in [0.5, 0.6) is 0 Å².